The molecule has 1 saturated heterocycles. The quantitative estimate of drug-likeness (QED) is 0.576. The maximum Gasteiger partial charge on any atom is 0.240 e. The van der Waals surface area contributed by atoms with Crippen molar-refractivity contribution in [2.45, 2.75) is 42.5 Å². The number of piperidine rings is 1. The van der Waals surface area contributed by atoms with E-state index in [0.717, 1.165) is 54.6 Å². The molecule has 2 aromatic carbocycles. The van der Waals surface area contributed by atoms with E-state index >= 15 is 0 Å². The topological polar surface area (TPSA) is 82.4 Å². The molecule has 4 rings (SSSR count). The molecule has 1 fully saturated rings. The Kier molecular flexibility index (Phi) is 6.97. The lowest BCUT2D eigenvalue weighted by atomic mass is 9.81. The highest BCUT2D eigenvalue weighted by atomic mass is 79.9. The molecule has 2 atom stereocenters. The van der Waals surface area contributed by atoms with E-state index in [-0.39, 0.29) is 4.90 Å². The fraction of sp³-hybridized carbons (Fsp3) is 0.435. The van der Waals surface area contributed by atoms with Crippen LogP contribution in [0, 0.1) is 11.3 Å². The van der Waals surface area contributed by atoms with Crippen LogP contribution in [0.25, 0.3) is 0 Å². The first-order valence-corrected chi connectivity index (χ1v) is 12.9. The highest BCUT2D eigenvalue weighted by molar-refractivity contribution is 9.10. The largest absolute Gasteiger partial charge is 0.492 e. The average molecular weight is 504 g/mol. The average Bonchev–Trinajstić information content (AvgIpc) is 2.78. The van der Waals surface area contributed by atoms with Crippen LogP contribution in [0.2, 0.25) is 0 Å². The van der Waals surface area contributed by atoms with Gasteiger partial charge in [0, 0.05) is 22.5 Å². The summed E-state index contributed by atoms with van der Waals surface area (Å²) >= 11 is 3.32. The van der Waals surface area contributed by atoms with Gasteiger partial charge in [0.25, 0.3) is 0 Å². The molecule has 0 radical (unpaired) electrons. The molecule has 2 heterocycles. The van der Waals surface area contributed by atoms with Crippen molar-refractivity contribution in [3.8, 4) is 11.8 Å². The van der Waals surface area contributed by atoms with Gasteiger partial charge in [-0.05, 0) is 81.2 Å². The number of benzene rings is 2. The van der Waals surface area contributed by atoms with E-state index in [1.54, 1.807) is 24.3 Å². The Labute approximate surface area is 192 Å². The zero-order valence-electron chi connectivity index (χ0n) is 17.3. The van der Waals surface area contributed by atoms with Crippen LogP contribution in [0.5, 0.6) is 5.75 Å². The number of nitrogens with zero attached hydrogens (tertiary/aromatic N) is 2. The molecule has 2 aliphatic heterocycles. The standard InChI is InChI=1S/C23H26BrN3O3S/c24-18-6-8-19(9-7-18)31(28,29)26-11-1-2-12-27-13-3-4-20-21-14-17(15-25)5-10-23(21)30-16-22(20)27/h5-10,14,20,22,26H,1-4,11-13,16H2/t20-,22-/m0/s1. The van der Waals surface area contributed by atoms with Gasteiger partial charge in [0.1, 0.15) is 12.4 Å². The van der Waals surface area contributed by atoms with Crippen molar-refractivity contribution in [1.29, 1.82) is 5.26 Å². The van der Waals surface area contributed by atoms with Crippen LogP contribution in [-0.2, 0) is 10.0 Å². The molecule has 31 heavy (non-hydrogen) atoms. The van der Waals surface area contributed by atoms with Crippen molar-refractivity contribution in [2.24, 2.45) is 0 Å². The number of ether oxygens (including phenoxy) is 1. The van der Waals surface area contributed by atoms with Gasteiger partial charge in [-0.3, -0.25) is 4.90 Å². The molecule has 164 valence electrons. The first kappa shape index (κ1) is 22.3. The van der Waals surface area contributed by atoms with Gasteiger partial charge >= 0.3 is 0 Å². The van der Waals surface area contributed by atoms with Gasteiger partial charge < -0.3 is 4.74 Å². The van der Waals surface area contributed by atoms with E-state index in [1.165, 1.54) is 0 Å². The Hall–Kier alpha value is -1.92. The van der Waals surface area contributed by atoms with E-state index in [4.69, 9.17) is 4.74 Å². The first-order valence-electron chi connectivity index (χ1n) is 10.6. The minimum absolute atomic E-state index is 0.282. The Balaban J connectivity index is 1.29. The number of hydrogen-bond acceptors (Lipinski definition) is 5. The zero-order valence-corrected chi connectivity index (χ0v) is 19.7. The molecule has 0 saturated carbocycles. The SMILES string of the molecule is N#Cc1ccc2c(c1)[C@@H]1CCCN(CCCCNS(=O)(=O)c3ccc(Br)cc3)[C@H]1CO2. The minimum Gasteiger partial charge on any atom is -0.492 e. The van der Waals surface area contributed by atoms with E-state index in [1.807, 2.05) is 18.2 Å². The van der Waals surface area contributed by atoms with Crippen LogP contribution < -0.4 is 9.46 Å². The number of halogens is 1. The predicted octanol–water partition coefficient (Wildman–Crippen LogP) is 4.02. The van der Waals surface area contributed by atoms with Crippen LogP contribution in [-0.4, -0.2) is 45.6 Å². The van der Waals surface area contributed by atoms with Crippen LogP contribution in [0.15, 0.2) is 51.8 Å². The van der Waals surface area contributed by atoms with Crippen LogP contribution in [0.4, 0.5) is 0 Å². The molecule has 0 bridgehead atoms. The van der Waals surface area contributed by atoms with Gasteiger partial charge in [0.15, 0.2) is 0 Å². The predicted molar refractivity (Wildman–Crippen MR) is 123 cm³/mol. The third-order valence-electron chi connectivity index (χ3n) is 6.13. The number of fused-ring (bicyclic) bond motifs is 3. The minimum atomic E-state index is -3.47. The van der Waals surface area contributed by atoms with Crippen molar-refractivity contribution in [1.82, 2.24) is 9.62 Å². The van der Waals surface area contributed by atoms with Crippen molar-refractivity contribution >= 4 is 26.0 Å². The lowest BCUT2D eigenvalue weighted by Crippen LogP contribution is -2.49. The summed E-state index contributed by atoms with van der Waals surface area (Å²) in [7, 11) is -3.47. The molecule has 0 amide bonds. The van der Waals surface area contributed by atoms with Crippen molar-refractivity contribution < 1.29 is 13.2 Å². The Morgan fingerprint density at radius 1 is 1.19 bits per heavy atom. The number of nitrogens with one attached hydrogen (secondary N) is 1. The molecular formula is C23H26BrN3O3S. The van der Waals surface area contributed by atoms with Gasteiger partial charge in [-0.1, -0.05) is 15.9 Å². The summed E-state index contributed by atoms with van der Waals surface area (Å²) in [5.74, 6) is 1.30. The lowest BCUT2D eigenvalue weighted by molar-refractivity contribution is 0.0646. The van der Waals surface area contributed by atoms with Gasteiger partial charge in [0.05, 0.1) is 22.6 Å². The second kappa shape index (κ2) is 9.70. The highest BCUT2D eigenvalue weighted by Gasteiger charge is 2.37. The molecule has 2 aliphatic rings. The van der Waals surface area contributed by atoms with E-state index < -0.39 is 10.0 Å². The van der Waals surface area contributed by atoms with Gasteiger partial charge in [-0.25, -0.2) is 13.1 Å². The number of unbranched alkanes of at least 4 members (excludes halogenated alkanes) is 1. The molecule has 0 aromatic heterocycles. The Morgan fingerprint density at radius 3 is 2.77 bits per heavy atom. The van der Waals surface area contributed by atoms with Crippen molar-refractivity contribution in [3.05, 3.63) is 58.1 Å². The molecule has 0 spiro atoms. The van der Waals surface area contributed by atoms with Crippen molar-refractivity contribution in [2.75, 3.05) is 26.2 Å². The van der Waals surface area contributed by atoms with E-state index in [2.05, 4.69) is 31.6 Å². The van der Waals surface area contributed by atoms with Gasteiger partial charge in [-0.15, -0.1) is 0 Å². The summed E-state index contributed by atoms with van der Waals surface area (Å²) in [6.07, 6.45) is 3.92. The summed E-state index contributed by atoms with van der Waals surface area (Å²) in [4.78, 5) is 2.75. The molecular weight excluding hydrogens is 478 g/mol. The number of rotatable bonds is 7. The summed E-state index contributed by atoms with van der Waals surface area (Å²) in [6, 6.07) is 14.9. The first-order chi connectivity index (χ1) is 15.0. The fourth-order valence-electron chi connectivity index (χ4n) is 4.55. The number of likely N-dealkylation sites (tertiary alicyclic amines) is 1. The fourth-order valence-corrected chi connectivity index (χ4v) is 5.89. The maximum atomic E-state index is 12.4. The molecule has 8 heteroatoms. The van der Waals surface area contributed by atoms with E-state index in [0.29, 0.717) is 30.7 Å². The Morgan fingerprint density at radius 2 is 2.00 bits per heavy atom. The molecule has 0 aliphatic carbocycles. The number of sulfonamides is 1. The van der Waals surface area contributed by atoms with Crippen LogP contribution >= 0.6 is 15.9 Å². The lowest BCUT2D eigenvalue weighted by Gasteiger charge is -2.44. The second-order valence-corrected chi connectivity index (χ2v) is 10.8. The molecule has 6 nitrogen and oxygen atoms in total. The monoisotopic (exact) mass is 503 g/mol. The number of nitriles is 1. The van der Waals surface area contributed by atoms with Crippen LogP contribution in [0.1, 0.15) is 42.7 Å². The molecule has 1 N–H and O–H groups in total. The second-order valence-electron chi connectivity index (χ2n) is 8.09. The Bertz CT molecular complexity index is 1070. The molecule has 0 unspecified atom stereocenters. The summed E-state index contributed by atoms with van der Waals surface area (Å²) in [5, 5.41) is 9.24. The maximum absolute atomic E-state index is 12.4. The highest BCUT2D eigenvalue weighted by Crippen LogP contribution is 2.41. The third kappa shape index (κ3) is 5.12. The van der Waals surface area contributed by atoms with E-state index in [9.17, 15) is 13.7 Å². The zero-order chi connectivity index (χ0) is 21.8. The summed E-state index contributed by atoms with van der Waals surface area (Å²) < 4.78 is 34.3. The third-order valence-corrected chi connectivity index (χ3v) is 8.14. The summed E-state index contributed by atoms with van der Waals surface area (Å²) in [5.41, 5.74) is 1.83. The van der Waals surface area contributed by atoms with Crippen LogP contribution in [0.3, 0.4) is 0 Å². The van der Waals surface area contributed by atoms with Crippen molar-refractivity contribution in [3.63, 3.8) is 0 Å². The molecule has 2 aromatic rings. The number of hydrogen-bond donors (Lipinski definition) is 1. The smallest absolute Gasteiger partial charge is 0.240 e. The normalized spacial score (nSPS) is 20.9. The summed E-state index contributed by atoms with van der Waals surface area (Å²) in [6.45, 7) is 3.03. The van der Waals surface area contributed by atoms with Gasteiger partial charge in [-0.2, -0.15) is 5.26 Å². The van der Waals surface area contributed by atoms with Gasteiger partial charge in [0.2, 0.25) is 10.0 Å².